The first-order chi connectivity index (χ1) is 13.3. The Morgan fingerprint density at radius 3 is 2.85 bits per heavy atom. The molecule has 2 saturated heterocycles. The van der Waals surface area contributed by atoms with E-state index >= 15 is 0 Å². The molecule has 0 saturated carbocycles. The standard InChI is InChI=1S/C20H26N6O/c27-19-6-2-1-5-16(19)17-10-18-20(24-23-17)22-12-15-13-25(8-9-26(15)18)14-4-3-7-21-11-14/h1-2,5-6,10,14-15,21,27H,3-4,7-9,11-13H2,(H,22,24)/t14?,15-/m0/s1. The fourth-order valence-electron chi connectivity index (χ4n) is 4.61. The third-order valence-corrected chi connectivity index (χ3v) is 6.07. The van der Waals surface area contributed by atoms with E-state index in [0.717, 1.165) is 56.3 Å². The minimum atomic E-state index is 0.238. The van der Waals surface area contributed by atoms with Gasteiger partial charge >= 0.3 is 0 Å². The number of phenols is 1. The lowest BCUT2D eigenvalue weighted by Crippen LogP contribution is -2.61. The molecular formula is C20H26N6O. The highest BCUT2D eigenvalue weighted by molar-refractivity contribution is 5.76. The molecule has 0 aliphatic carbocycles. The lowest BCUT2D eigenvalue weighted by molar-refractivity contribution is 0.138. The molecule has 27 heavy (non-hydrogen) atoms. The number of fused-ring (bicyclic) bond motifs is 3. The van der Waals surface area contributed by atoms with Gasteiger partial charge in [-0.1, -0.05) is 12.1 Å². The van der Waals surface area contributed by atoms with Gasteiger partial charge in [0.1, 0.15) is 5.75 Å². The third-order valence-electron chi connectivity index (χ3n) is 6.07. The van der Waals surface area contributed by atoms with Crippen molar-refractivity contribution in [3.63, 3.8) is 0 Å². The predicted molar refractivity (Wildman–Crippen MR) is 106 cm³/mol. The summed E-state index contributed by atoms with van der Waals surface area (Å²) in [5.41, 5.74) is 2.54. The van der Waals surface area contributed by atoms with Gasteiger partial charge in [-0.25, -0.2) is 0 Å². The summed E-state index contributed by atoms with van der Waals surface area (Å²) < 4.78 is 0. The van der Waals surface area contributed by atoms with Gasteiger partial charge in [0.05, 0.1) is 17.4 Å². The number of aromatic hydroxyl groups is 1. The summed E-state index contributed by atoms with van der Waals surface area (Å²) in [5, 5.41) is 25.9. The number of hydrogen-bond acceptors (Lipinski definition) is 7. The second-order valence-corrected chi connectivity index (χ2v) is 7.70. The van der Waals surface area contributed by atoms with Crippen molar-refractivity contribution in [2.75, 3.05) is 49.5 Å². The van der Waals surface area contributed by atoms with Crippen LogP contribution in [0.5, 0.6) is 5.75 Å². The zero-order valence-corrected chi connectivity index (χ0v) is 15.4. The summed E-state index contributed by atoms with van der Waals surface area (Å²) in [7, 11) is 0. The highest BCUT2D eigenvalue weighted by Crippen LogP contribution is 2.36. The van der Waals surface area contributed by atoms with Crippen molar-refractivity contribution in [3.05, 3.63) is 30.3 Å². The molecule has 3 N–H and O–H groups in total. The molecule has 4 heterocycles. The second-order valence-electron chi connectivity index (χ2n) is 7.70. The largest absolute Gasteiger partial charge is 0.507 e. The van der Waals surface area contributed by atoms with Gasteiger partial charge in [-0.3, -0.25) is 4.90 Å². The molecule has 142 valence electrons. The highest BCUT2D eigenvalue weighted by Gasteiger charge is 2.35. The van der Waals surface area contributed by atoms with Crippen LogP contribution >= 0.6 is 0 Å². The van der Waals surface area contributed by atoms with Crippen LogP contribution in [0.4, 0.5) is 11.5 Å². The molecule has 2 aromatic rings. The molecule has 0 amide bonds. The zero-order valence-electron chi connectivity index (χ0n) is 15.4. The first-order valence-corrected chi connectivity index (χ1v) is 9.91. The summed E-state index contributed by atoms with van der Waals surface area (Å²) >= 11 is 0. The Balaban J connectivity index is 1.40. The molecule has 3 aliphatic heterocycles. The number of rotatable bonds is 2. The van der Waals surface area contributed by atoms with E-state index < -0.39 is 0 Å². The van der Waals surface area contributed by atoms with Crippen LogP contribution in [0.25, 0.3) is 11.3 Å². The molecule has 1 aromatic heterocycles. The molecule has 1 unspecified atom stereocenters. The maximum atomic E-state index is 10.2. The topological polar surface area (TPSA) is 76.5 Å². The van der Waals surface area contributed by atoms with E-state index in [0.29, 0.717) is 17.8 Å². The van der Waals surface area contributed by atoms with Gasteiger partial charge in [0.15, 0.2) is 5.82 Å². The van der Waals surface area contributed by atoms with Crippen molar-refractivity contribution in [2.24, 2.45) is 0 Å². The van der Waals surface area contributed by atoms with E-state index in [1.165, 1.54) is 12.8 Å². The summed E-state index contributed by atoms with van der Waals surface area (Å²) in [6.45, 7) is 6.32. The number of piperazine rings is 1. The van der Waals surface area contributed by atoms with Crippen LogP contribution in [0.15, 0.2) is 30.3 Å². The molecule has 7 nitrogen and oxygen atoms in total. The average Bonchev–Trinajstić information content (AvgIpc) is 2.74. The molecule has 3 aliphatic rings. The summed E-state index contributed by atoms with van der Waals surface area (Å²) in [6, 6.07) is 10.5. The van der Waals surface area contributed by atoms with E-state index in [4.69, 9.17) is 0 Å². The first kappa shape index (κ1) is 16.8. The number of benzene rings is 1. The molecule has 0 bridgehead atoms. The maximum Gasteiger partial charge on any atom is 0.172 e. The third kappa shape index (κ3) is 3.11. The van der Waals surface area contributed by atoms with Crippen LogP contribution in [0.2, 0.25) is 0 Å². The Bertz CT molecular complexity index is 822. The number of anilines is 2. The van der Waals surface area contributed by atoms with Gasteiger partial charge in [-0.2, -0.15) is 0 Å². The second kappa shape index (κ2) is 6.98. The van der Waals surface area contributed by atoms with Gasteiger partial charge in [-0.05, 0) is 37.6 Å². The Morgan fingerprint density at radius 1 is 1.07 bits per heavy atom. The first-order valence-electron chi connectivity index (χ1n) is 9.91. The molecule has 7 heteroatoms. The van der Waals surface area contributed by atoms with Gasteiger partial charge in [0.25, 0.3) is 0 Å². The summed E-state index contributed by atoms with van der Waals surface area (Å²) in [6.07, 6.45) is 2.57. The van der Waals surface area contributed by atoms with Gasteiger partial charge in [0.2, 0.25) is 0 Å². The lowest BCUT2D eigenvalue weighted by Gasteiger charge is -2.48. The summed E-state index contributed by atoms with van der Waals surface area (Å²) in [5.74, 6) is 1.08. The molecule has 0 radical (unpaired) electrons. The smallest absolute Gasteiger partial charge is 0.172 e. The van der Waals surface area contributed by atoms with E-state index in [1.807, 2.05) is 18.2 Å². The number of aromatic nitrogens is 2. The van der Waals surface area contributed by atoms with Crippen molar-refractivity contribution < 1.29 is 5.11 Å². The maximum absolute atomic E-state index is 10.2. The molecule has 2 fully saturated rings. The monoisotopic (exact) mass is 366 g/mol. The Hall–Kier alpha value is -2.38. The SMILES string of the molecule is Oc1ccccc1-c1cc2c(nn1)NC[C@H]1CN(C3CCCNC3)CCN21. The van der Waals surface area contributed by atoms with Crippen molar-refractivity contribution in [2.45, 2.75) is 24.9 Å². The predicted octanol–water partition coefficient (Wildman–Crippen LogP) is 1.52. The van der Waals surface area contributed by atoms with Crippen LogP contribution in [0.1, 0.15) is 12.8 Å². The van der Waals surface area contributed by atoms with Crippen LogP contribution in [0, 0.1) is 0 Å². The van der Waals surface area contributed by atoms with Crippen LogP contribution in [-0.4, -0.2) is 71.6 Å². The summed E-state index contributed by atoms with van der Waals surface area (Å²) in [4.78, 5) is 5.12. The van der Waals surface area contributed by atoms with Gasteiger partial charge in [0, 0.05) is 44.3 Å². The van der Waals surface area contributed by atoms with Gasteiger partial charge in [-0.15, -0.1) is 10.2 Å². The fraction of sp³-hybridized carbons (Fsp3) is 0.500. The molecule has 1 aromatic carbocycles. The molecule has 2 atom stereocenters. The number of hydrogen-bond donors (Lipinski definition) is 3. The molecular weight excluding hydrogens is 340 g/mol. The Labute approximate surface area is 159 Å². The van der Waals surface area contributed by atoms with Crippen LogP contribution in [-0.2, 0) is 0 Å². The van der Waals surface area contributed by atoms with E-state index in [1.54, 1.807) is 6.07 Å². The minimum absolute atomic E-state index is 0.238. The average molecular weight is 366 g/mol. The van der Waals surface area contributed by atoms with Gasteiger partial charge < -0.3 is 20.6 Å². The quantitative estimate of drug-likeness (QED) is 0.744. The highest BCUT2D eigenvalue weighted by atomic mass is 16.3. The van der Waals surface area contributed by atoms with Crippen LogP contribution in [0.3, 0.4) is 0 Å². The number of phenolic OH excluding ortho intramolecular Hbond substituents is 1. The molecule has 5 rings (SSSR count). The van der Waals surface area contributed by atoms with E-state index in [2.05, 4.69) is 36.7 Å². The number of nitrogens with zero attached hydrogens (tertiary/aromatic N) is 4. The van der Waals surface area contributed by atoms with Crippen molar-refractivity contribution in [1.29, 1.82) is 0 Å². The number of piperidine rings is 1. The number of nitrogens with one attached hydrogen (secondary N) is 2. The van der Waals surface area contributed by atoms with E-state index in [-0.39, 0.29) is 5.75 Å². The Kier molecular flexibility index (Phi) is 4.33. The molecule has 0 spiro atoms. The van der Waals surface area contributed by atoms with Crippen molar-refractivity contribution >= 4 is 11.5 Å². The minimum Gasteiger partial charge on any atom is -0.507 e. The lowest BCUT2D eigenvalue weighted by atomic mass is 10.0. The number of para-hydroxylation sites is 1. The van der Waals surface area contributed by atoms with Crippen molar-refractivity contribution in [3.8, 4) is 17.0 Å². The Morgan fingerprint density at radius 2 is 2.00 bits per heavy atom. The van der Waals surface area contributed by atoms with Crippen LogP contribution < -0.4 is 15.5 Å². The van der Waals surface area contributed by atoms with E-state index in [9.17, 15) is 5.11 Å². The fourth-order valence-corrected chi connectivity index (χ4v) is 4.61. The normalized spacial score (nSPS) is 25.4. The zero-order chi connectivity index (χ0) is 18.2. The van der Waals surface area contributed by atoms with Crippen molar-refractivity contribution in [1.82, 2.24) is 20.4 Å².